The summed E-state index contributed by atoms with van der Waals surface area (Å²) in [6.45, 7) is 6.28. The normalized spacial score (nSPS) is 17.6. The zero-order valence-corrected chi connectivity index (χ0v) is 64.3. The molecule has 0 saturated carbocycles. The lowest BCUT2D eigenvalue weighted by Crippen LogP contribution is -2.58. The number of allylic oxidation sites excluding steroid dienone is 2. The van der Waals surface area contributed by atoms with Crippen molar-refractivity contribution in [1.29, 1.82) is 0 Å². The van der Waals surface area contributed by atoms with Gasteiger partial charge >= 0.3 is 11.9 Å². The second-order valence-electron chi connectivity index (χ2n) is 30.7. The first-order valence-corrected chi connectivity index (χ1v) is 43.2. The summed E-state index contributed by atoms with van der Waals surface area (Å²) >= 11 is 0. The van der Waals surface area contributed by atoms with E-state index in [0.29, 0.717) is 19.3 Å². The van der Waals surface area contributed by atoms with Gasteiger partial charge in [0.05, 0.1) is 18.1 Å². The minimum Gasteiger partial charge on any atom is -0.463 e. The third kappa shape index (κ3) is 61.1. The van der Waals surface area contributed by atoms with Gasteiger partial charge in [-0.25, -0.2) is 0 Å². The molecule has 1 fully saturated rings. The number of ether oxygens (including phenoxy) is 3. The van der Waals surface area contributed by atoms with Gasteiger partial charge in [-0.15, -0.1) is 0 Å². The molecule has 1 aliphatic heterocycles. The van der Waals surface area contributed by atoms with E-state index in [2.05, 4.69) is 32.9 Å². The van der Waals surface area contributed by atoms with Crippen LogP contribution in [0.5, 0.6) is 0 Å². The van der Waals surface area contributed by atoms with Crippen LogP contribution in [-0.4, -0.2) is 87.0 Å². The average Bonchev–Trinajstić information content (AvgIpc) is 0.847. The number of hydrogen-bond acceptors (Lipinski definition) is 10. The number of unbranched alkanes of at least 4 members (excludes halogenated alkanes) is 62. The van der Waals surface area contributed by atoms with Gasteiger partial charge in [0.1, 0.15) is 31.0 Å². The lowest BCUT2D eigenvalue weighted by atomic mass is 9.91. The molecule has 96 heavy (non-hydrogen) atoms. The summed E-state index contributed by atoms with van der Waals surface area (Å²) in [5, 5.41) is 51.7. The zero-order valence-electron chi connectivity index (χ0n) is 64.3. The maximum atomic E-state index is 13.4. The maximum absolute atomic E-state index is 13.4. The van der Waals surface area contributed by atoms with E-state index in [0.717, 1.165) is 57.8 Å². The SMILES string of the molecule is CCCCCCCCCCCCCCCCCCCCCCC(C(=O)OC[C@H]1OC(O)[C@H](O)[C@@H](O)[C@@H]1O)C(O)CCCCCCCCCCCCCCCC/C=C/CCCCCCCCCCCCCCCCCC(=O)OC(C)CCCCCCCCCCCCCCCCC. The molecular formula is C86H166O10. The molecular weight excluding hydrogens is 1190 g/mol. The number of hydrogen-bond donors (Lipinski definition) is 5. The molecule has 0 aromatic rings. The van der Waals surface area contributed by atoms with Crippen molar-refractivity contribution in [2.45, 2.75) is 513 Å². The van der Waals surface area contributed by atoms with E-state index in [1.165, 1.54) is 372 Å². The topological polar surface area (TPSA) is 163 Å². The van der Waals surface area contributed by atoms with Gasteiger partial charge in [-0.1, -0.05) is 411 Å². The van der Waals surface area contributed by atoms with Crippen LogP contribution in [0.4, 0.5) is 0 Å². The number of carbonyl (C=O) groups excluding carboxylic acids is 2. The molecule has 10 nitrogen and oxygen atoms in total. The third-order valence-electron chi connectivity index (χ3n) is 21.3. The monoisotopic (exact) mass is 1360 g/mol. The lowest BCUT2D eigenvalue weighted by molar-refractivity contribution is -0.287. The fraction of sp³-hybridized carbons (Fsp3) is 0.953. The Morgan fingerprint density at radius 2 is 0.615 bits per heavy atom. The first-order valence-electron chi connectivity index (χ1n) is 43.2. The van der Waals surface area contributed by atoms with Gasteiger partial charge < -0.3 is 39.7 Å². The van der Waals surface area contributed by atoms with Crippen LogP contribution in [0.2, 0.25) is 0 Å². The van der Waals surface area contributed by atoms with E-state index in [1.807, 2.05) is 0 Å². The highest BCUT2D eigenvalue weighted by Crippen LogP contribution is 2.26. The molecule has 10 heteroatoms. The molecule has 0 aromatic carbocycles. The molecule has 4 unspecified atom stereocenters. The van der Waals surface area contributed by atoms with Crippen molar-refractivity contribution >= 4 is 11.9 Å². The van der Waals surface area contributed by atoms with Gasteiger partial charge in [0.15, 0.2) is 6.29 Å². The largest absolute Gasteiger partial charge is 0.463 e. The van der Waals surface area contributed by atoms with Crippen molar-refractivity contribution in [3.05, 3.63) is 12.2 Å². The summed E-state index contributed by atoms with van der Waals surface area (Å²) in [4.78, 5) is 25.8. The zero-order chi connectivity index (χ0) is 69.5. The van der Waals surface area contributed by atoms with Crippen LogP contribution in [0.15, 0.2) is 12.2 Å². The lowest BCUT2D eigenvalue weighted by Gasteiger charge is -2.38. The molecule has 0 aliphatic carbocycles. The van der Waals surface area contributed by atoms with Crippen LogP contribution in [-0.2, 0) is 23.8 Å². The predicted octanol–water partition coefficient (Wildman–Crippen LogP) is 25.1. The summed E-state index contributed by atoms with van der Waals surface area (Å²) in [5.41, 5.74) is 0. The molecule has 1 rings (SSSR count). The fourth-order valence-corrected chi connectivity index (χ4v) is 14.6. The van der Waals surface area contributed by atoms with E-state index in [4.69, 9.17) is 14.2 Å². The van der Waals surface area contributed by atoms with Crippen LogP contribution >= 0.6 is 0 Å². The quantitative estimate of drug-likeness (QED) is 0.0225. The summed E-state index contributed by atoms with van der Waals surface area (Å²) in [5.74, 6) is -1.21. The van der Waals surface area contributed by atoms with Gasteiger partial charge in [0, 0.05) is 6.42 Å². The predicted molar refractivity (Wildman–Crippen MR) is 409 cm³/mol. The molecule has 0 bridgehead atoms. The summed E-state index contributed by atoms with van der Waals surface area (Å²) in [6, 6.07) is 0. The van der Waals surface area contributed by atoms with E-state index in [-0.39, 0.29) is 18.7 Å². The standard InChI is InChI=1S/C86H166O10/c1-4-6-8-10-12-14-16-18-20-21-22-38-41-45-49-53-57-61-65-69-73-78(85(92)94-76-80-82(89)83(90)84(91)86(93)96-80)79(87)74-70-66-62-58-54-50-46-42-39-36-34-32-30-28-26-24-23-25-27-29-31-33-35-37-40-43-47-51-55-59-63-67-71-75-81(88)95-77(3)72-68-64-60-56-52-48-44-19-17-15-13-11-9-7-5-2/h23-24,77-80,82-84,86-87,89-91,93H,4-22,25-76H2,1-3H3/b24-23+/t77?,78?,79?,80-,82-,83+,84-,86?/m1/s1. The van der Waals surface area contributed by atoms with Crippen LogP contribution in [0, 0.1) is 5.92 Å². The number of aliphatic hydroxyl groups is 5. The molecule has 1 saturated heterocycles. The highest BCUT2D eigenvalue weighted by molar-refractivity contribution is 5.73. The molecule has 0 spiro atoms. The Bertz CT molecular complexity index is 1610. The molecule has 0 amide bonds. The Balaban J connectivity index is 1.94. The number of esters is 2. The summed E-state index contributed by atoms with van der Waals surface area (Å²) in [7, 11) is 0. The van der Waals surface area contributed by atoms with E-state index in [1.54, 1.807) is 0 Å². The molecule has 5 N–H and O–H groups in total. The summed E-state index contributed by atoms with van der Waals surface area (Å²) in [6.07, 6.45) is 86.0. The first kappa shape index (κ1) is 92.5. The van der Waals surface area contributed by atoms with Gasteiger partial charge in [-0.2, -0.15) is 0 Å². The van der Waals surface area contributed by atoms with Gasteiger partial charge in [-0.05, 0) is 64.7 Å². The van der Waals surface area contributed by atoms with Crippen molar-refractivity contribution in [2.24, 2.45) is 5.92 Å². The van der Waals surface area contributed by atoms with Crippen LogP contribution in [0.1, 0.15) is 470 Å². The second kappa shape index (κ2) is 73.2. The molecule has 0 radical (unpaired) electrons. The van der Waals surface area contributed by atoms with E-state index in [9.17, 15) is 35.1 Å². The van der Waals surface area contributed by atoms with Crippen molar-refractivity contribution < 1.29 is 49.3 Å². The van der Waals surface area contributed by atoms with E-state index < -0.39 is 48.7 Å². The van der Waals surface area contributed by atoms with Gasteiger partial charge in [0.2, 0.25) is 0 Å². The van der Waals surface area contributed by atoms with Crippen molar-refractivity contribution in [1.82, 2.24) is 0 Å². The third-order valence-corrected chi connectivity index (χ3v) is 21.3. The highest BCUT2D eigenvalue weighted by atomic mass is 16.7. The Kier molecular flexibility index (Phi) is 70.5. The Morgan fingerprint density at radius 1 is 0.344 bits per heavy atom. The Morgan fingerprint density at radius 3 is 0.938 bits per heavy atom. The number of carbonyl (C=O) groups is 2. The smallest absolute Gasteiger partial charge is 0.311 e. The minimum absolute atomic E-state index is 0.0153. The van der Waals surface area contributed by atoms with E-state index >= 15 is 0 Å². The van der Waals surface area contributed by atoms with Crippen LogP contribution in [0.25, 0.3) is 0 Å². The maximum Gasteiger partial charge on any atom is 0.311 e. The molecule has 1 heterocycles. The van der Waals surface area contributed by atoms with Crippen molar-refractivity contribution in [3.63, 3.8) is 0 Å². The number of aliphatic hydroxyl groups excluding tert-OH is 5. The highest BCUT2D eigenvalue weighted by Gasteiger charge is 2.44. The van der Waals surface area contributed by atoms with Crippen LogP contribution in [0.3, 0.4) is 0 Å². The summed E-state index contributed by atoms with van der Waals surface area (Å²) < 4.78 is 16.5. The molecule has 570 valence electrons. The second-order valence-corrected chi connectivity index (χ2v) is 30.7. The fourth-order valence-electron chi connectivity index (χ4n) is 14.6. The van der Waals surface area contributed by atoms with Crippen molar-refractivity contribution in [3.8, 4) is 0 Å². The van der Waals surface area contributed by atoms with Crippen molar-refractivity contribution in [2.75, 3.05) is 6.61 Å². The van der Waals surface area contributed by atoms with Gasteiger partial charge in [-0.3, -0.25) is 9.59 Å². The minimum atomic E-state index is -1.69. The Hall–Kier alpha value is -1.56. The number of rotatable bonds is 77. The molecule has 1 aliphatic rings. The first-order chi connectivity index (χ1) is 47.1. The molecule has 0 aromatic heterocycles. The van der Waals surface area contributed by atoms with Crippen LogP contribution < -0.4 is 0 Å². The Labute approximate surface area is 596 Å². The average molecular weight is 1360 g/mol. The van der Waals surface area contributed by atoms with Gasteiger partial charge in [0.25, 0.3) is 0 Å². The molecule has 8 atom stereocenters.